The Bertz CT molecular complexity index is 606. The van der Waals surface area contributed by atoms with Crippen molar-refractivity contribution in [2.45, 2.75) is 38.1 Å². The van der Waals surface area contributed by atoms with Crippen LogP contribution in [0.3, 0.4) is 0 Å². The number of nitrogens with one attached hydrogen (secondary N) is 1. The van der Waals surface area contributed by atoms with Crippen molar-refractivity contribution in [2.75, 3.05) is 6.79 Å². The van der Waals surface area contributed by atoms with Crippen LogP contribution in [0.15, 0.2) is 29.5 Å². The van der Waals surface area contributed by atoms with Gasteiger partial charge in [0.15, 0.2) is 17.3 Å². The van der Waals surface area contributed by atoms with Gasteiger partial charge in [0.2, 0.25) is 6.79 Å². The molecule has 4 rings (SSSR count). The van der Waals surface area contributed by atoms with Gasteiger partial charge in [-0.15, -0.1) is 0 Å². The number of carbonyl (C=O) groups excluding carboxylic acids is 1. The molecule has 0 saturated carbocycles. The van der Waals surface area contributed by atoms with Gasteiger partial charge < -0.3 is 14.8 Å². The summed E-state index contributed by atoms with van der Waals surface area (Å²) in [6, 6.07) is 6.38. The lowest BCUT2D eigenvalue weighted by Gasteiger charge is -2.31. The largest absolute Gasteiger partial charge is 0.454 e. The van der Waals surface area contributed by atoms with Gasteiger partial charge in [-0.3, -0.25) is 4.79 Å². The first-order chi connectivity index (χ1) is 9.81. The molecule has 0 amide bonds. The standard InChI is InChI=1S/C16H17NO3/c18-14-3-1-2-13-11(14)5-6-12(17-13)10-4-7-15-16(8-10)20-9-19-15/h4,7-8,12,17H,1-3,5-6,9H2/t12-/m0/s1. The third-order valence-electron chi connectivity index (χ3n) is 4.36. The van der Waals surface area contributed by atoms with Crippen LogP contribution in [0.25, 0.3) is 0 Å². The van der Waals surface area contributed by atoms with Crippen LogP contribution in [0.5, 0.6) is 11.5 Å². The van der Waals surface area contributed by atoms with Gasteiger partial charge in [-0.2, -0.15) is 0 Å². The number of fused-ring (bicyclic) bond motifs is 1. The van der Waals surface area contributed by atoms with Crippen molar-refractivity contribution >= 4 is 5.78 Å². The van der Waals surface area contributed by atoms with E-state index in [4.69, 9.17) is 9.47 Å². The second-order valence-corrected chi connectivity index (χ2v) is 5.58. The number of Topliss-reactive ketones (excluding diaryl/α,β-unsaturated/α-hetero) is 1. The van der Waals surface area contributed by atoms with Gasteiger partial charge in [-0.05, 0) is 43.4 Å². The monoisotopic (exact) mass is 271 g/mol. The Morgan fingerprint density at radius 3 is 2.95 bits per heavy atom. The van der Waals surface area contributed by atoms with Crippen LogP contribution < -0.4 is 14.8 Å². The predicted molar refractivity (Wildman–Crippen MR) is 73.6 cm³/mol. The fourth-order valence-corrected chi connectivity index (χ4v) is 3.30. The van der Waals surface area contributed by atoms with E-state index in [0.29, 0.717) is 12.6 Å². The second-order valence-electron chi connectivity index (χ2n) is 5.58. The van der Waals surface area contributed by atoms with Crippen LogP contribution >= 0.6 is 0 Å². The molecule has 20 heavy (non-hydrogen) atoms. The molecule has 2 heterocycles. The topological polar surface area (TPSA) is 47.6 Å². The molecular weight excluding hydrogens is 254 g/mol. The number of hydrogen-bond acceptors (Lipinski definition) is 4. The first-order valence-electron chi connectivity index (χ1n) is 7.22. The van der Waals surface area contributed by atoms with Crippen LogP contribution in [-0.2, 0) is 4.79 Å². The number of benzene rings is 1. The fraction of sp³-hybridized carbons (Fsp3) is 0.438. The lowest BCUT2D eigenvalue weighted by Crippen LogP contribution is -2.30. The molecule has 0 fully saturated rings. The molecule has 0 unspecified atom stereocenters. The highest BCUT2D eigenvalue weighted by Crippen LogP contribution is 2.38. The smallest absolute Gasteiger partial charge is 0.231 e. The van der Waals surface area contributed by atoms with E-state index < -0.39 is 0 Å². The van der Waals surface area contributed by atoms with Crippen molar-refractivity contribution in [1.82, 2.24) is 5.32 Å². The quantitative estimate of drug-likeness (QED) is 0.853. The summed E-state index contributed by atoms with van der Waals surface area (Å²) in [4.78, 5) is 11.9. The molecule has 1 N–H and O–H groups in total. The third kappa shape index (κ3) is 1.87. The summed E-state index contributed by atoms with van der Waals surface area (Å²) in [5.41, 5.74) is 3.40. The molecule has 0 aromatic heterocycles. The molecule has 1 aromatic carbocycles. The molecule has 1 aliphatic carbocycles. The van der Waals surface area contributed by atoms with Crippen LogP contribution in [0, 0.1) is 0 Å². The minimum Gasteiger partial charge on any atom is -0.454 e. The highest BCUT2D eigenvalue weighted by molar-refractivity contribution is 5.97. The molecular formula is C16H17NO3. The van der Waals surface area contributed by atoms with Gasteiger partial charge in [0.25, 0.3) is 0 Å². The Morgan fingerprint density at radius 1 is 1.10 bits per heavy atom. The summed E-state index contributed by atoms with van der Waals surface area (Å²) >= 11 is 0. The molecule has 2 aliphatic heterocycles. The molecule has 0 spiro atoms. The van der Waals surface area contributed by atoms with Crippen LogP contribution in [0.1, 0.15) is 43.7 Å². The molecule has 4 heteroatoms. The van der Waals surface area contributed by atoms with Gasteiger partial charge in [0.1, 0.15) is 0 Å². The predicted octanol–water partition coefficient (Wildman–Crippen LogP) is 2.85. The Balaban J connectivity index is 1.60. The van der Waals surface area contributed by atoms with E-state index in [1.807, 2.05) is 6.07 Å². The average Bonchev–Trinajstić information content (AvgIpc) is 2.94. The van der Waals surface area contributed by atoms with E-state index in [1.54, 1.807) is 0 Å². The molecule has 3 aliphatic rings. The summed E-state index contributed by atoms with van der Waals surface area (Å²) < 4.78 is 10.8. The number of allylic oxidation sites excluding steroid dienone is 2. The van der Waals surface area contributed by atoms with Gasteiger partial charge in [-0.1, -0.05) is 6.07 Å². The summed E-state index contributed by atoms with van der Waals surface area (Å²) in [6.07, 6.45) is 4.54. The Kier molecular flexibility index (Phi) is 2.69. The number of ether oxygens (including phenoxy) is 2. The zero-order valence-corrected chi connectivity index (χ0v) is 11.3. The summed E-state index contributed by atoms with van der Waals surface area (Å²) in [5, 5.41) is 3.56. The van der Waals surface area contributed by atoms with E-state index in [9.17, 15) is 4.79 Å². The molecule has 1 atom stereocenters. The zero-order chi connectivity index (χ0) is 13.5. The minimum absolute atomic E-state index is 0.272. The third-order valence-corrected chi connectivity index (χ3v) is 4.36. The van der Waals surface area contributed by atoms with Crippen molar-refractivity contribution in [3.63, 3.8) is 0 Å². The summed E-state index contributed by atoms with van der Waals surface area (Å²) in [6.45, 7) is 0.306. The van der Waals surface area contributed by atoms with Gasteiger partial charge in [0.05, 0.1) is 6.04 Å². The summed E-state index contributed by atoms with van der Waals surface area (Å²) in [7, 11) is 0. The van der Waals surface area contributed by atoms with E-state index in [1.165, 1.54) is 5.56 Å². The van der Waals surface area contributed by atoms with E-state index in [2.05, 4.69) is 17.4 Å². The van der Waals surface area contributed by atoms with Crippen molar-refractivity contribution in [3.8, 4) is 11.5 Å². The van der Waals surface area contributed by atoms with Crippen LogP contribution in [-0.4, -0.2) is 12.6 Å². The fourth-order valence-electron chi connectivity index (χ4n) is 3.30. The van der Waals surface area contributed by atoms with E-state index >= 15 is 0 Å². The summed E-state index contributed by atoms with van der Waals surface area (Å²) in [5.74, 6) is 1.98. The van der Waals surface area contributed by atoms with Crippen molar-refractivity contribution in [2.24, 2.45) is 0 Å². The van der Waals surface area contributed by atoms with Crippen molar-refractivity contribution in [1.29, 1.82) is 0 Å². The minimum atomic E-state index is 0.272. The molecule has 1 aromatic rings. The second kappa shape index (κ2) is 4.54. The maximum absolute atomic E-state index is 11.9. The lowest BCUT2D eigenvalue weighted by atomic mass is 9.85. The first-order valence-corrected chi connectivity index (χ1v) is 7.22. The SMILES string of the molecule is O=C1CCCC2=C1CC[C@@H](c1ccc3c(c1)OCO3)N2. The van der Waals surface area contributed by atoms with E-state index in [0.717, 1.165) is 54.9 Å². The van der Waals surface area contributed by atoms with Crippen molar-refractivity contribution < 1.29 is 14.3 Å². The molecule has 0 radical (unpaired) electrons. The number of rotatable bonds is 1. The maximum atomic E-state index is 11.9. The van der Waals surface area contributed by atoms with Crippen LogP contribution in [0.2, 0.25) is 0 Å². The molecule has 0 bridgehead atoms. The maximum Gasteiger partial charge on any atom is 0.231 e. The number of ketones is 1. The molecule has 104 valence electrons. The van der Waals surface area contributed by atoms with Gasteiger partial charge in [0, 0.05) is 17.7 Å². The van der Waals surface area contributed by atoms with Gasteiger partial charge >= 0.3 is 0 Å². The highest BCUT2D eigenvalue weighted by atomic mass is 16.7. The number of carbonyl (C=O) groups is 1. The Hall–Kier alpha value is -1.97. The first kappa shape index (κ1) is 11.8. The molecule has 4 nitrogen and oxygen atoms in total. The Labute approximate surface area is 117 Å². The van der Waals surface area contributed by atoms with Gasteiger partial charge in [-0.25, -0.2) is 0 Å². The Morgan fingerprint density at radius 2 is 2.00 bits per heavy atom. The normalized spacial score (nSPS) is 24.4. The van der Waals surface area contributed by atoms with Crippen LogP contribution in [0.4, 0.5) is 0 Å². The average molecular weight is 271 g/mol. The zero-order valence-electron chi connectivity index (χ0n) is 11.3. The lowest BCUT2D eigenvalue weighted by molar-refractivity contribution is -0.116. The molecule has 0 saturated heterocycles. The van der Waals surface area contributed by atoms with E-state index in [-0.39, 0.29) is 6.04 Å². The number of hydrogen-bond donors (Lipinski definition) is 1. The van der Waals surface area contributed by atoms with Crippen molar-refractivity contribution in [3.05, 3.63) is 35.0 Å². The highest BCUT2D eigenvalue weighted by Gasteiger charge is 2.28.